The summed E-state index contributed by atoms with van der Waals surface area (Å²) in [5, 5.41) is 0. The minimum atomic E-state index is 0.139. The third-order valence-corrected chi connectivity index (χ3v) is 4.41. The smallest absolute Gasteiger partial charge is 0.0435 e. The van der Waals surface area contributed by atoms with Gasteiger partial charge in [-0.05, 0) is 65.5 Å². The topological polar surface area (TPSA) is 29.3 Å². The molecule has 2 nitrogen and oxygen atoms in total. The van der Waals surface area contributed by atoms with Crippen LogP contribution >= 0.6 is 0 Å². The van der Waals surface area contributed by atoms with E-state index in [1.807, 2.05) is 0 Å². The van der Waals surface area contributed by atoms with Crippen LogP contribution in [0.25, 0.3) is 0 Å². The van der Waals surface area contributed by atoms with E-state index in [-0.39, 0.29) is 11.6 Å². The first-order valence-corrected chi connectivity index (χ1v) is 6.82. The molecule has 2 heteroatoms. The molecule has 0 aromatic heterocycles. The quantitative estimate of drug-likeness (QED) is 0.744. The summed E-state index contributed by atoms with van der Waals surface area (Å²) in [4.78, 5) is 2.58. The first kappa shape index (κ1) is 12.1. The predicted molar refractivity (Wildman–Crippen MR) is 69.4 cm³/mol. The van der Waals surface area contributed by atoms with Gasteiger partial charge in [-0.3, -0.25) is 4.90 Å². The van der Waals surface area contributed by atoms with Crippen molar-refractivity contribution in [2.24, 2.45) is 5.73 Å². The largest absolute Gasteiger partial charge is 0.323 e. The average molecular weight is 222 g/mol. The van der Waals surface area contributed by atoms with Crippen molar-refractivity contribution in [2.75, 3.05) is 13.1 Å². The van der Waals surface area contributed by atoms with Crippen molar-refractivity contribution in [1.29, 1.82) is 0 Å². The van der Waals surface area contributed by atoms with Gasteiger partial charge in [0.1, 0.15) is 0 Å². The molecule has 0 saturated carbocycles. The van der Waals surface area contributed by atoms with Gasteiger partial charge in [0.2, 0.25) is 0 Å². The highest BCUT2D eigenvalue weighted by molar-refractivity contribution is 5.18. The lowest BCUT2D eigenvalue weighted by molar-refractivity contribution is 0.134. The minimum absolute atomic E-state index is 0.139. The molecule has 1 heterocycles. The molecule has 0 amide bonds. The first-order valence-electron chi connectivity index (χ1n) is 6.82. The van der Waals surface area contributed by atoms with Gasteiger partial charge in [0, 0.05) is 11.6 Å². The van der Waals surface area contributed by atoms with Crippen molar-refractivity contribution >= 4 is 0 Å². The maximum atomic E-state index is 6.50. The van der Waals surface area contributed by atoms with Crippen LogP contribution in [0.5, 0.6) is 0 Å². The molecule has 1 saturated heterocycles. The molecular weight excluding hydrogens is 196 g/mol. The van der Waals surface area contributed by atoms with Crippen molar-refractivity contribution in [1.82, 2.24) is 4.90 Å². The number of nitrogens with two attached hydrogens (primary N) is 1. The molecular formula is C14H26N2. The molecule has 1 atom stereocenters. The van der Waals surface area contributed by atoms with E-state index in [2.05, 4.69) is 24.8 Å². The Bertz CT molecular complexity index is 262. The van der Waals surface area contributed by atoms with E-state index in [0.717, 1.165) is 0 Å². The Morgan fingerprint density at radius 2 is 1.88 bits per heavy atom. The van der Waals surface area contributed by atoms with Gasteiger partial charge in [0.05, 0.1) is 0 Å². The number of hydrogen-bond donors (Lipinski definition) is 1. The molecule has 0 aromatic carbocycles. The Labute approximate surface area is 99.9 Å². The van der Waals surface area contributed by atoms with Crippen molar-refractivity contribution in [3.8, 4) is 0 Å². The number of rotatable bonds is 3. The van der Waals surface area contributed by atoms with E-state index >= 15 is 0 Å². The fourth-order valence-electron chi connectivity index (χ4n) is 3.09. The lowest BCUT2D eigenvalue weighted by Gasteiger charge is -2.42. The van der Waals surface area contributed by atoms with E-state index in [0.29, 0.717) is 0 Å². The summed E-state index contributed by atoms with van der Waals surface area (Å²) in [6, 6.07) is 0.228. The van der Waals surface area contributed by atoms with Crippen molar-refractivity contribution in [2.45, 2.75) is 64.0 Å². The summed E-state index contributed by atoms with van der Waals surface area (Å²) < 4.78 is 0. The molecule has 1 aliphatic carbocycles. The molecule has 0 bridgehead atoms. The predicted octanol–water partition coefficient (Wildman–Crippen LogP) is 2.69. The second kappa shape index (κ2) is 4.89. The van der Waals surface area contributed by atoms with Crippen molar-refractivity contribution in [3.63, 3.8) is 0 Å². The zero-order chi connectivity index (χ0) is 11.6. The summed E-state index contributed by atoms with van der Waals surface area (Å²) in [6.07, 6.45) is 10.2. The van der Waals surface area contributed by atoms with Gasteiger partial charge in [0.25, 0.3) is 0 Å². The van der Waals surface area contributed by atoms with Crippen LogP contribution in [0.3, 0.4) is 0 Å². The molecule has 2 rings (SSSR count). The maximum Gasteiger partial charge on any atom is 0.0435 e. The second-order valence-corrected chi connectivity index (χ2v) is 5.85. The Balaban J connectivity index is 2.06. The highest BCUT2D eigenvalue weighted by atomic mass is 15.2. The summed E-state index contributed by atoms with van der Waals surface area (Å²) in [6.45, 7) is 7.10. The van der Waals surface area contributed by atoms with Crippen LogP contribution < -0.4 is 5.73 Å². The molecule has 1 unspecified atom stereocenters. The molecule has 1 fully saturated rings. The van der Waals surface area contributed by atoms with Crippen LogP contribution in [-0.2, 0) is 0 Å². The van der Waals surface area contributed by atoms with Crippen LogP contribution in [0, 0.1) is 0 Å². The van der Waals surface area contributed by atoms with Crippen molar-refractivity contribution in [3.05, 3.63) is 11.6 Å². The zero-order valence-electron chi connectivity index (χ0n) is 10.8. The molecule has 1 aliphatic heterocycles. The molecule has 0 aromatic rings. The van der Waals surface area contributed by atoms with Gasteiger partial charge in [-0.25, -0.2) is 0 Å². The molecule has 92 valence electrons. The number of nitrogens with zero attached hydrogens (tertiary/aromatic N) is 1. The Morgan fingerprint density at radius 3 is 2.44 bits per heavy atom. The number of likely N-dealkylation sites (tertiary alicyclic amines) is 1. The van der Waals surface area contributed by atoms with Gasteiger partial charge in [0.15, 0.2) is 0 Å². The Hall–Kier alpha value is -0.340. The number of allylic oxidation sites excluding steroid dienone is 1. The van der Waals surface area contributed by atoms with Gasteiger partial charge < -0.3 is 5.73 Å². The highest BCUT2D eigenvalue weighted by Gasteiger charge is 2.36. The monoisotopic (exact) mass is 222 g/mol. The lowest BCUT2D eigenvalue weighted by atomic mass is 9.83. The summed E-state index contributed by atoms with van der Waals surface area (Å²) in [5.41, 5.74) is 8.14. The zero-order valence-corrected chi connectivity index (χ0v) is 10.8. The third-order valence-electron chi connectivity index (χ3n) is 4.41. The van der Waals surface area contributed by atoms with Crippen LogP contribution in [0.1, 0.15) is 52.4 Å². The fraction of sp³-hybridized carbons (Fsp3) is 0.857. The summed E-state index contributed by atoms with van der Waals surface area (Å²) in [5.74, 6) is 0. The standard InChI is InChI=1S/C14H26N2/c1-14(2,16-10-6-7-11-16)13(15)12-8-4-3-5-9-12/h8,13H,3-7,9-11,15H2,1-2H3. The highest BCUT2D eigenvalue weighted by Crippen LogP contribution is 2.30. The van der Waals surface area contributed by atoms with E-state index < -0.39 is 0 Å². The van der Waals surface area contributed by atoms with Gasteiger partial charge in [-0.2, -0.15) is 0 Å². The Kier molecular flexibility index (Phi) is 3.70. The Morgan fingerprint density at radius 1 is 1.19 bits per heavy atom. The molecule has 16 heavy (non-hydrogen) atoms. The lowest BCUT2D eigenvalue weighted by Crippen LogP contribution is -2.56. The molecule has 2 aliphatic rings. The maximum absolute atomic E-state index is 6.50. The van der Waals surface area contributed by atoms with E-state index in [9.17, 15) is 0 Å². The third kappa shape index (κ3) is 2.33. The van der Waals surface area contributed by atoms with Crippen LogP contribution in [-0.4, -0.2) is 29.6 Å². The normalized spacial score (nSPS) is 25.6. The second-order valence-electron chi connectivity index (χ2n) is 5.85. The van der Waals surface area contributed by atoms with Gasteiger partial charge in [-0.15, -0.1) is 0 Å². The summed E-state index contributed by atoms with van der Waals surface area (Å²) >= 11 is 0. The fourth-order valence-corrected chi connectivity index (χ4v) is 3.09. The number of hydrogen-bond acceptors (Lipinski definition) is 2. The van der Waals surface area contributed by atoms with Gasteiger partial charge in [-0.1, -0.05) is 11.6 Å². The van der Waals surface area contributed by atoms with E-state index in [1.165, 1.54) is 57.2 Å². The van der Waals surface area contributed by atoms with Crippen LogP contribution in [0.15, 0.2) is 11.6 Å². The summed E-state index contributed by atoms with van der Waals surface area (Å²) in [7, 11) is 0. The first-order chi connectivity index (χ1) is 7.62. The molecule has 0 radical (unpaired) electrons. The van der Waals surface area contributed by atoms with Crippen molar-refractivity contribution < 1.29 is 0 Å². The molecule has 2 N–H and O–H groups in total. The average Bonchev–Trinajstić information content (AvgIpc) is 2.83. The van der Waals surface area contributed by atoms with Gasteiger partial charge >= 0.3 is 0 Å². The van der Waals surface area contributed by atoms with E-state index in [1.54, 1.807) is 0 Å². The van der Waals surface area contributed by atoms with Crippen LogP contribution in [0.2, 0.25) is 0 Å². The molecule has 0 spiro atoms. The van der Waals surface area contributed by atoms with Crippen LogP contribution in [0.4, 0.5) is 0 Å². The SMILES string of the molecule is CC(C)(C(N)C1=CCCCC1)N1CCCC1. The van der Waals surface area contributed by atoms with E-state index in [4.69, 9.17) is 5.73 Å². The minimum Gasteiger partial charge on any atom is -0.323 e.